The number of aromatic nitrogens is 2. The average Bonchev–Trinajstić information content (AvgIpc) is 3.01. The highest BCUT2D eigenvalue weighted by molar-refractivity contribution is 5.08. The third-order valence-electron chi connectivity index (χ3n) is 4.78. The number of nitrogens with zero attached hydrogens (tertiary/aromatic N) is 3. The van der Waals surface area contributed by atoms with Crippen molar-refractivity contribution in [3.63, 3.8) is 0 Å². The van der Waals surface area contributed by atoms with E-state index in [0.717, 1.165) is 24.2 Å². The lowest BCUT2D eigenvalue weighted by molar-refractivity contribution is 0.154. The van der Waals surface area contributed by atoms with Crippen LogP contribution in [0.1, 0.15) is 37.1 Å². The third-order valence-corrected chi connectivity index (χ3v) is 4.78. The van der Waals surface area contributed by atoms with Gasteiger partial charge in [-0.2, -0.15) is 5.10 Å². The molecule has 0 spiro atoms. The van der Waals surface area contributed by atoms with E-state index in [9.17, 15) is 0 Å². The Labute approximate surface area is 116 Å². The highest BCUT2D eigenvalue weighted by Crippen LogP contribution is 2.26. The van der Waals surface area contributed by atoms with Crippen molar-refractivity contribution in [2.24, 2.45) is 13.0 Å². The van der Waals surface area contributed by atoms with Crippen molar-refractivity contribution in [3.8, 4) is 0 Å². The van der Waals surface area contributed by atoms with Gasteiger partial charge < -0.3 is 5.32 Å². The van der Waals surface area contributed by atoms with Crippen LogP contribution in [-0.4, -0.2) is 40.4 Å². The molecule has 1 unspecified atom stereocenters. The minimum Gasteiger partial charge on any atom is -0.314 e. The molecule has 1 N–H and O–H groups in total. The van der Waals surface area contributed by atoms with E-state index in [1.807, 2.05) is 4.68 Å². The zero-order valence-electron chi connectivity index (χ0n) is 12.2. The summed E-state index contributed by atoms with van der Waals surface area (Å²) in [7, 11) is 2.05. The van der Waals surface area contributed by atoms with Crippen molar-refractivity contribution in [3.05, 3.63) is 17.5 Å². The summed E-state index contributed by atoms with van der Waals surface area (Å²) in [6.07, 6.45) is 5.48. The lowest BCUT2D eigenvalue weighted by atomic mass is 9.88. The van der Waals surface area contributed by atoms with Crippen LogP contribution in [0.5, 0.6) is 0 Å². The fraction of sp³-hybridized carbons (Fsp3) is 0.800. The summed E-state index contributed by atoms with van der Waals surface area (Å²) in [6, 6.07) is 3.02. The van der Waals surface area contributed by atoms with Gasteiger partial charge in [0, 0.05) is 19.6 Å². The highest BCUT2D eigenvalue weighted by atomic mass is 15.3. The van der Waals surface area contributed by atoms with E-state index in [-0.39, 0.29) is 0 Å². The lowest BCUT2D eigenvalue weighted by Gasteiger charge is -2.34. The molecule has 0 saturated carbocycles. The van der Waals surface area contributed by atoms with Crippen molar-refractivity contribution in [1.82, 2.24) is 20.0 Å². The van der Waals surface area contributed by atoms with Crippen molar-refractivity contribution in [1.29, 1.82) is 0 Å². The Kier molecular flexibility index (Phi) is 3.89. The number of rotatable bonds is 3. The summed E-state index contributed by atoms with van der Waals surface area (Å²) in [4.78, 5) is 2.59. The van der Waals surface area contributed by atoms with Gasteiger partial charge in [-0.1, -0.05) is 0 Å². The Morgan fingerprint density at radius 3 is 2.68 bits per heavy atom. The maximum absolute atomic E-state index is 4.43. The summed E-state index contributed by atoms with van der Waals surface area (Å²) >= 11 is 0. The predicted octanol–water partition coefficient (Wildman–Crippen LogP) is 1.69. The first-order chi connectivity index (χ1) is 9.22. The van der Waals surface area contributed by atoms with E-state index in [2.05, 4.69) is 35.4 Å². The Hall–Kier alpha value is -0.870. The molecule has 4 heteroatoms. The summed E-state index contributed by atoms with van der Waals surface area (Å²) in [5, 5.41) is 8.11. The van der Waals surface area contributed by atoms with Crippen LogP contribution in [-0.2, 0) is 13.6 Å². The molecule has 0 aliphatic carbocycles. The van der Waals surface area contributed by atoms with E-state index in [1.54, 1.807) is 0 Å². The van der Waals surface area contributed by atoms with E-state index >= 15 is 0 Å². The molecule has 2 saturated heterocycles. The van der Waals surface area contributed by atoms with Crippen LogP contribution in [0, 0.1) is 12.8 Å². The first-order valence-corrected chi connectivity index (χ1v) is 7.67. The first-order valence-electron chi connectivity index (χ1n) is 7.67. The number of hydrogen-bond acceptors (Lipinski definition) is 3. The SMILES string of the molecule is Cc1cc(CN2CCC(C3CCCN3)CC2)n(C)n1. The van der Waals surface area contributed by atoms with Crippen LogP contribution in [0.15, 0.2) is 6.07 Å². The second-order valence-corrected chi connectivity index (χ2v) is 6.22. The molecule has 2 aliphatic heterocycles. The van der Waals surface area contributed by atoms with E-state index in [0.29, 0.717) is 0 Å². The first kappa shape index (κ1) is 13.1. The Bertz CT molecular complexity index is 412. The van der Waals surface area contributed by atoms with E-state index < -0.39 is 0 Å². The molecule has 1 aromatic heterocycles. The van der Waals surface area contributed by atoms with Crippen LogP contribution in [0.25, 0.3) is 0 Å². The van der Waals surface area contributed by atoms with Gasteiger partial charge in [0.1, 0.15) is 0 Å². The topological polar surface area (TPSA) is 33.1 Å². The summed E-state index contributed by atoms with van der Waals surface area (Å²) in [6.45, 7) is 6.85. The Morgan fingerprint density at radius 2 is 2.11 bits per heavy atom. The van der Waals surface area contributed by atoms with Crippen molar-refractivity contribution in [2.45, 2.75) is 45.2 Å². The van der Waals surface area contributed by atoms with Gasteiger partial charge >= 0.3 is 0 Å². The molecule has 0 bridgehead atoms. The number of aryl methyl sites for hydroxylation is 2. The van der Waals surface area contributed by atoms with E-state index in [4.69, 9.17) is 0 Å². The number of nitrogens with one attached hydrogen (secondary N) is 1. The van der Waals surface area contributed by atoms with Gasteiger partial charge in [0.2, 0.25) is 0 Å². The normalized spacial score (nSPS) is 26.1. The van der Waals surface area contributed by atoms with Crippen molar-refractivity contribution in [2.75, 3.05) is 19.6 Å². The molecule has 1 aromatic rings. The maximum Gasteiger partial charge on any atom is 0.0597 e. The van der Waals surface area contributed by atoms with Gasteiger partial charge in [0.25, 0.3) is 0 Å². The molecule has 3 heterocycles. The molecule has 4 nitrogen and oxygen atoms in total. The second kappa shape index (κ2) is 5.63. The fourth-order valence-electron chi connectivity index (χ4n) is 3.67. The van der Waals surface area contributed by atoms with Gasteiger partial charge in [0.05, 0.1) is 11.4 Å². The second-order valence-electron chi connectivity index (χ2n) is 6.22. The molecular weight excluding hydrogens is 236 g/mol. The standard InChI is InChI=1S/C15H26N4/c1-12-10-14(18(2)17-12)11-19-8-5-13(6-9-19)15-4-3-7-16-15/h10,13,15-16H,3-9,11H2,1-2H3. The number of likely N-dealkylation sites (tertiary alicyclic amines) is 1. The molecule has 0 aromatic carbocycles. The molecule has 0 radical (unpaired) electrons. The number of hydrogen-bond donors (Lipinski definition) is 1. The Morgan fingerprint density at radius 1 is 1.32 bits per heavy atom. The molecule has 2 fully saturated rings. The number of piperidine rings is 1. The van der Waals surface area contributed by atoms with Gasteiger partial charge in [-0.05, 0) is 64.2 Å². The highest BCUT2D eigenvalue weighted by Gasteiger charge is 2.28. The van der Waals surface area contributed by atoms with Crippen LogP contribution < -0.4 is 5.32 Å². The zero-order chi connectivity index (χ0) is 13.2. The molecule has 2 aliphatic rings. The molecule has 106 valence electrons. The minimum absolute atomic E-state index is 0.807. The molecule has 1 atom stereocenters. The lowest BCUT2D eigenvalue weighted by Crippen LogP contribution is -2.40. The fourth-order valence-corrected chi connectivity index (χ4v) is 3.67. The third kappa shape index (κ3) is 3.00. The van der Waals surface area contributed by atoms with Crippen molar-refractivity contribution < 1.29 is 0 Å². The van der Waals surface area contributed by atoms with Crippen LogP contribution in [0.4, 0.5) is 0 Å². The van der Waals surface area contributed by atoms with Crippen LogP contribution in [0.3, 0.4) is 0 Å². The van der Waals surface area contributed by atoms with Gasteiger partial charge in [0.15, 0.2) is 0 Å². The molecular formula is C15H26N4. The quantitative estimate of drug-likeness (QED) is 0.900. The van der Waals surface area contributed by atoms with Crippen molar-refractivity contribution >= 4 is 0 Å². The molecule has 3 rings (SSSR count). The monoisotopic (exact) mass is 262 g/mol. The van der Waals surface area contributed by atoms with E-state index in [1.165, 1.54) is 51.0 Å². The minimum atomic E-state index is 0.807. The van der Waals surface area contributed by atoms with Gasteiger partial charge in [-0.15, -0.1) is 0 Å². The van der Waals surface area contributed by atoms with Gasteiger partial charge in [-0.3, -0.25) is 9.58 Å². The molecule has 0 amide bonds. The predicted molar refractivity (Wildman–Crippen MR) is 77.0 cm³/mol. The Balaban J connectivity index is 1.51. The maximum atomic E-state index is 4.43. The zero-order valence-corrected chi connectivity index (χ0v) is 12.2. The summed E-state index contributed by atoms with van der Waals surface area (Å²) < 4.78 is 2.03. The summed E-state index contributed by atoms with van der Waals surface area (Å²) in [5.74, 6) is 0.909. The molecule has 19 heavy (non-hydrogen) atoms. The summed E-state index contributed by atoms with van der Waals surface area (Å²) in [5.41, 5.74) is 2.47. The largest absolute Gasteiger partial charge is 0.314 e. The van der Waals surface area contributed by atoms with Crippen LogP contribution >= 0.6 is 0 Å². The average molecular weight is 262 g/mol. The van der Waals surface area contributed by atoms with Gasteiger partial charge in [-0.25, -0.2) is 0 Å². The smallest absolute Gasteiger partial charge is 0.0597 e. The van der Waals surface area contributed by atoms with Crippen LogP contribution in [0.2, 0.25) is 0 Å².